The summed E-state index contributed by atoms with van der Waals surface area (Å²) in [5.41, 5.74) is 1.75. The lowest BCUT2D eigenvalue weighted by Gasteiger charge is -2.36. The number of rotatable bonds is 3. The fraction of sp³-hybridized carbons (Fsp3) is 0.842. The average molecular weight is 336 g/mol. The lowest BCUT2D eigenvalue weighted by atomic mass is 9.83. The standard InChI is InChI=1S/C19H32N2O3/c1-18(2,3)15-6-10-21(11-7-15)14-17(22)20-16-4-8-19(9-5-16)23-12-13-24-19/h6,16H,4-5,7-14H2,1-3H3,(H,20,22). The number of carbonyl (C=O) groups excluding carboxylic acids is 1. The molecule has 1 N–H and O–H groups in total. The van der Waals surface area contributed by atoms with E-state index in [-0.39, 0.29) is 23.2 Å². The van der Waals surface area contributed by atoms with Crippen LogP contribution in [-0.2, 0) is 14.3 Å². The van der Waals surface area contributed by atoms with Gasteiger partial charge in [-0.25, -0.2) is 0 Å². The van der Waals surface area contributed by atoms with Gasteiger partial charge < -0.3 is 14.8 Å². The number of nitrogens with one attached hydrogen (secondary N) is 1. The Hall–Kier alpha value is -0.910. The number of ether oxygens (including phenoxy) is 2. The summed E-state index contributed by atoms with van der Waals surface area (Å²) in [5.74, 6) is -0.195. The van der Waals surface area contributed by atoms with Crippen LogP contribution < -0.4 is 5.32 Å². The second-order valence-corrected chi connectivity index (χ2v) is 8.41. The number of hydrogen-bond acceptors (Lipinski definition) is 4. The van der Waals surface area contributed by atoms with Crippen molar-refractivity contribution in [3.05, 3.63) is 11.6 Å². The molecule has 5 heteroatoms. The van der Waals surface area contributed by atoms with Crippen LogP contribution >= 0.6 is 0 Å². The molecular formula is C19H32N2O3. The Kier molecular flexibility index (Phi) is 5.33. The van der Waals surface area contributed by atoms with Gasteiger partial charge in [-0.15, -0.1) is 0 Å². The minimum absolute atomic E-state index is 0.150. The SMILES string of the molecule is CC(C)(C)C1=CCN(CC(=O)NC2CCC3(CC2)OCCO3)CC1. The highest BCUT2D eigenvalue weighted by atomic mass is 16.7. The van der Waals surface area contributed by atoms with E-state index in [1.165, 1.54) is 5.57 Å². The van der Waals surface area contributed by atoms with E-state index >= 15 is 0 Å². The molecule has 1 saturated heterocycles. The minimum atomic E-state index is -0.345. The van der Waals surface area contributed by atoms with Gasteiger partial charge in [0.05, 0.1) is 19.8 Å². The largest absolute Gasteiger partial charge is 0.352 e. The normalized spacial score (nSPS) is 25.7. The van der Waals surface area contributed by atoms with Crippen LogP contribution in [-0.4, -0.2) is 55.5 Å². The van der Waals surface area contributed by atoms with Gasteiger partial charge in [-0.3, -0.25) is 9.69 Å². The molecule has 0 aromatic heterocycles. The van der Waals surface area contributed by atoms with E-state index in [0.29, 0.717) is 19.8 Å². The zero-order chi connectivity index (χ0) is 17.2. The van der Waals surface area contributed by atoms with Crippen molar-refractivity contribution in [2.75, 3.05) is 32.8 Å². The van der Waals surface area contributed by atoms with Crippen LogP contribution in [0.4, 0.5) is 0 Å². The van der Waals surface area contributed by atoms with Gasteiger partial charge >= 0.3 is 0 Å². The van der Waals surface area contributed by atoms with Gasteiger partial charge in [0, 0.05) is 32.0 Å². The maximum Gasteiger partial charge on any atom is 0.234 e. The molecule has 1 aliphatic carbocycles. The fourth-order valence-electron chi connectivity index (χ4n) is 4.00. The first-order chi connectivity index (χ1) is 11.4. The first-order valence-electron chi connectivity index (χ1n) is 9.35. The molecule has 1 amide bonds. The molecule has 0 bridgehead atoms. The number of nitrogens with zero attached hydrogens (tertiary/aromatic N) is 1. The first-order valence-corrected chi connectivity index (χ1v) is 9.35. The number of carbonyl (C=O) groups is 1. The van der Waals surface area contributed by atoms with Gasteiger partial charge in [0.2, 0.25) is 5.91 Å². The zero-order valence-corrected chi connectivity index (χ0v) is 15.4. The molecule has 0 aromatic rings. The smallest absolute Gasteiger partial charge is 0.234 e. The molecular weight excluding hydrogens is 304 g/mol. The molecule has 2 fully saturated rings. The van der Waals surface area contributed by atoms with Crippen LogP contribution in [0.3, 0.4) is 0 Å². The van der Waals surface area contributed by atoms with Crippen LogP contribution in [0.2, 0.25) is 0 Å². The maximum atomic E-state index is 12.3. The van der Waals surface area contributed by atoms with Gasteiger partial charge in [-0.05, 0) is 24.7 Å². The molecule has 2 heterocycles. The molecule has 1 spiro atoms. The molecule has 1 saturated carbocycles. The summed E-state index contributed by atoms with van der Waals surface area (Å²) in [4.78, 5) is 14.6. The molecule has 0 atom stereocenters. The lowest BCUT2D eigenvalue weighted by molar-refractivity contribution is -0.180. The predicted octanol–water partition coefficient (Wildman–Crippen LogP) is 2.47. The van der Waals surface area contributed by atoms with Crippen molar-refractivity contribution < 1.29 is 14.3 Å². The Balaban J connectivity index is 1.40. The summed E-state index contributed by atoms with van der Waals surface area (Å²) >= 11 is 0. The van der Waals surface area contributed by atoms with Crippen molar-refractivity contribution in [3.63, 3.8) is 0 Å². The first kappa shape index (κ1) is 17.9. The second-order valence-electron chi connectivity index (χ2n) is 8.41. The van der Waals surface area contributed by atoms with E-state index in [4.69, 9.17) is 9.47 Å². The predicted molar refractivity (Wildman–Crippen MR) is 93.6 cm³/mol. The van der Waals surface area contributed by atoms with Gasteiger partial charge in [-0.1, -0.05) is 32.4 Å². The Morgan fingerprint density at radius 1 is 1.29 bits per heavy atom. The van der Waals surface area contributed by atoms with E-state index in [9.17, 15) is 4.79 Å². The van der Waals surface area contributed by atoms with Gasteiger partial charge in [0.15, 0.2) is 5.79 Å². The highest BCUT2D eigenvalue weighted by Gasteiger charge is 2.40. The topological polar surface area (TPSA) is 50.8 Å². The summed E-state index contributed by atoms with van der Waals surface area (Å²) in [6.45, 7) is 10.6. The van der Waals surface area contributed by atoms with Crippen molar-refractivity contribution in [2.45, 2.75) is 64.7 Å². The molecule has 0 unspecified atom stereocenters. The zero-order valence-electron chi connectivity index (χ0n) is 15.4. The Bertz CT molecular complexity index is 479. The third-order valence-corrected chi connectivity index (χ3v) is 5.55. The van der Waals surface area contributed by atoms with E-state index in [2.05, 4.69) is 37.1 Å². The number of amides is 1. The van der Waals surface area contributed by atoms with E-state index < -0.39 is 0 Å². The minimum Gasteiger partial charge on any atom is -0.352 e. The highest BCUT2D eigenvalue weighted by molar-refractivity contribution is 5.78. The van der Waals surface area contributed by atoms with Crippen LogP contribution in [0, 0.1) is 5.41 Å². The molecule has 24 heavy (non-hydrogen) atoms. The molecule has 0 radical (unpaired) electrons. The van der Waals surface area contributed by atoms with Gasteiger partial charge in [-0.2, -0.15) is 0 Å². The molecule has 3 rings (SSSR count). The lowest BCUT2D eigenvalue weighted by Crippen LogP contribution is -2.47. The summed E-state index contributed by atoms with van der Waals surface area (Å²) < 4.78 is 11.5. The quantitative estimate of drug-likeness (QED) is 0.805. The Morgan fingerprint density at radius 2 is 1.96 bits per heavy atom. The van der Waals surface area contributed by atoms with E-state index in [0.717, 1.165) is 45.2 Å². The van der Waals surface area contributed by atoms with Crippen molar-refractivity contribution >= 4 is 5.91 Å². The van der Waals surface area contributed by atoms with Gasteiger partial charge in [0.1, 0.15) is 0 Å². The van der Waals surface area contributed by atoms with Crippen LogP contribution in [0.5, 0.6) is 0 Å². The fourth-order valence-corrected chi connectivity index (χ4v) is 4.00. The maximum absolute atomic E-state index is 12.3. The monoisotopic (exact) mass is 336 g/mol. The third kappa shape index (κ3) is 4.38. The van der Waals surface area contributed by atoms with E-state index in [1.807, 2.05) is 0 Å². The van der Waals surface area contributed by atoms with Crippen molar-refractivity contribution in [1.29, 1.82) is 0 Å². The second kappa shape index (κ2) is 7.14. The van der Waals surface area contributed by atoms with Crippen LogP contribution in [0.15, 0.2) is 11.6 Å². The van der Waals surface area contributed by atoms with Crippen LogP contribution in [0.25, 0.3) is 0 Å². The van der Waals surface area contributed by atoms with E-state index in [1.54, 1.807) is 0 Å². The summed E-state index contributed by atoms with van der Waals surface area (Å²) in [6, 6.07) is 0.265. The summed E-state index contributed by atoms with van der Waals surface area (Å²) in [6.07, 6.45) is 7.03. The molecule has 5 nitrogen and oxygen atoms in total. The van der Waals surface area contributed by atoms with Gasteiger partial charge in [0.25, 0.3) is 0 Å². The molecule has 3 aliphatic rings. The average Bonchev–Trinajstić information content (AvgIpc) is 2.98. The third-order valence-electron chi connectivity index (χ3n) is 5.55. The summed E-state index contributed by atoms with van der Waals surface area (Å²) in [5, 5.41) is 3.20. The molecule has 0 aromatic carbocycles. The number of hydrogen-bond donors (Lipinski definition) is 1. The van der Waals surface area contributed by atoms with Crippen LogP contribution in [0.1, 0.15) is 52.9 Å². The van der Waals surface area contributed by atoms with Crippen molar-refractivity contribution in [2.24, 2.45) is 5.41 Å². The van der Waals surface area contributed by atoms with Crippen molar-refractivity contribution in [3.8, 4) is 0 Å². The Labute approximate surface area is 145 Å². The highest BCUT2D eigenvalue weighted by Crippen LogP contribution is 2.35. The Morgan fingerprint density at radius 3 is 2.50 bits per heavy atom. The molecule has 136 valence electrons. The summed E-state index contributed by atoms with van der Waals surface area (Å²) in [7, 11) is 0. The molecule has 2 aliphatic heterocycles. The van der Waals surface area contributed by atoms with Crippen molar-refractivity contribution in [1.82, 2.24) is 10.2 Å².